The Bertz CT molecular complexity index is 842. The van der Waals surface area contributed by atoms with Gasteiger partial charge in [-0.05, 0) is 18.9 Å². The molecule has 0 saturated heterocycles. The lowest BCUT2D eigenvalue weighted by molar-refractivity contribution is -0.124. The molecule has 1 fully saturated rings. The van der Waals surface area contributed by atoms with Gasteiger partial charge in [-0.3, -0.25) is 19.0 Å². The number of carbonyl (C=O) groups is 2. The first-order valence-electron chi connectivity index (χ1n) is 8.83. The summed E-state index contributed by atoms with van der Waals surface area (Å²) >= 11 is 6.01. The minimum atomic E-state index is -1.27. The van der Waals surface area contributed by atoms with E-state index in [0.717, 1.165) is 36.7 Å². The number of pyridine rings is 1. The predicted molar refractivity (Wildman–Crippen MR) is 101 cm³/mol. The van der Waals surface area contributed by atoms with E-state index in [1.54, 1.807) is 30.3 Å². The fraction of sp³-hybridized carbons (Fsp3) is 0.350. The minimum absolute atomic E-state index is 0.0391. The number of aromatic nitrogens is 1. The SMILES string of the molecule is O=C(NC1CCCCC1)[C@@H](C(=O)c1ccccc1)n1cc(Cl)ccc1=O. The van der Waals surface area contributed by atoms with Crippen LogP contribution in [0.25, 0.3) is 0 Å². The van der Waals surface area contributed by atoms with Crippen LogP contribution < -0.4 is 10.9 Å². The summed E-state index contributed by atoms with van der Waals surface area (Å²) in [4.78, 5) is 38.3. The zero-order valence-corrected chi connectivity index (χ0v) is 15.1. The van der Waals surface area contributed by atoms with E-state index in [4.69, 9.17) is 11.6 Å². The second kappa shape index (κ2) is 8.32. The minimum Gasteiger partial charge on any atom is -0.351 e. The Balaban J connectivity index is 1.95. The predicted octanol–water partition coefficient (Wildman–Crippen LogP) is 3.37. The van der Waals surface area contributed by atoms with Crippen LogP contribution in [0.5, 0.6) is 0 Å². The molecule has 1 atom stereocenters. The molecule has 1 amide bonds. The van der Waals surface area contributed by atoms with E-state index in [1.807, 2.05) is 0 Å². The van der Waals surface area contributed by atoms with E-state index in [-0.39, 0.29) is 6.04 Å². The van der Waals surface area contributed by atoms with Gasteiger partial charge in [0, 0.05) is 23.9 Å². The molecule has 5 nitrogen and oxygen atoms in total. The fourth-order valence-corrected chi connectivity index (χ4v) is 3.51. The van der Waals surface area contributed by atoms with Crippen LogP contribution >= 0.6 is 11.6 Å². The van der Waals surface area contributed by atoms with Gasteiger partial charge in [0.05, 0.1) is 5.02 Å². The van der Waals surface area contributed by atoms with Gasteiger partial charge in [-0.15, -0.1) is 0 Å². The molecular weight excluding hydrogens is 352 g/mol. The third-order valence-corrected chi connectivity index (χ3v) is 4.91. The summed E-state index contributed by atoms with van der Waals surface area (Å²) < 4.78 is 1.12. The van der Waals surface area contributed by atoms with Gasteiger partial charge in [-0.2, -0.15) is 0 Å². The number of nitrogens with one attached hydrogen (secondary N) is 1. The second-order valence-corrected chi connectivity index (χ2v) is 7.01. The van der Waals surface area contributed by atoms with Crippen LogP contribution in [0.15, 0.2) is 53.5 Å². The number of hydrogen-bond acceptors (Lipinski definition) is 3. The molecule has 136 valence electrons. The Kier molecular flexibility index (Phi) is 5.89. The molecule has 0 bridgehead atoms. The summed E-state index contributed by atoms with van der Waals surface area (Å²) in [5.74, 6) is -0.890. The maximum absolute atomic E-state index is 13.0. The molecule has 1 N–H and O–H groups in total. The van der Waals surface area contributed by atoms with Crippen LogP contribution in [-0.4, -0.2) is 22.3 Å². The molecule has 0 unspecified atom stereocenters. The monoisotopic (exact) mass is 372 g/mol. The van der Waals surface area contributed by atoms with Crippen molar-refractivity contribution in [2.75, 3.05) is 0 Å². The number of rotatable bonds is 5. The van der Waals surface area contributed by atoms with E-state index >= 15 is 0 Å². The molecule has 1 saturated carbocycles. The summed E-state index contributed by atoms with van der Waals surface area (Å²) in [6.07, 6.45) is 6.39. The van der Waals surface area contributed by atoms with Crippen molar-refractivity contribution in [3.05, 3.63) is 69.6 Å². The van der Waals surface area contributed by atoms with Gasteiger partial charge in [-0.1, -0.05) is 61.2 Å². The Morgan fingerprint density at radius 1 is 1.04 bits per heavy atom. The first kappa shape index (κ1) is 18.4. The highest BCUT2D eigenvalue weighted by atomic mass is 35.5. The molecule has 0 spiro atoms. The summed E-state index contributed by atoms with van der Waals surface area (Å²) in [6, 6.07) is 10.00. The van der Waals surface area contributed by atoms with Crippen molar-refractivity contribution in [2.24, 2.45) is 0 Å². The zero-order chi connectivity index (χ0) is 18.5. The van der Waals surface area contributed by atoms with E-state index in [1.165, 1.54) is 18.3 Å². The molecule has 26 heavy (non-hydrogen) atoms. The highest BCUT2D eigenvalue weighted by Gasteiger charge is 2.31. The van der Waals surface area contributed by atoms with Crippen LogP contribution in [0.2, 0.25) is 5.02 Å². The summed E-state index contributed by atoms with van der Waals surface area (Å²) in [6.45, 7) is 0. The van der Waals surface area contributed by atoms with Crippen molar-refractivity contribution in [1.82, 2.24) is 9.88 Å². The molecule has 1 heterocycles. The molecule has 0 radical (unpaired) electrons. The number of amides is 1. The molecule has 2 aromatic rings. The molecule has 6 heteroatoms. The normalized spacial score (nSPS) is 16.0. The molecule has 0 aliphatic heterocycles. The largest absolute Gasteiger partial charge is 0.351 e. The first-order valence-corrected chi connectivity index (χ1v) is 9.21. The maximum atomic E-state index is 13.0. The summed E-state index contributed by atoms with van der Waals surface area (Å²) in [5.41, 5.74) is -0.0642. The number of ketones is 1. The van der Waals surface area contributed by atoms with Gasteiger partial charge in [0.15, 0.2) is 11.8 Å². The van der Waals surface area contributed by atoms with Gasteiger partial charge in [0.25, 0.3) is 11.5 Å². The van der Waals surface area contributed by atoms with Gasteiger partial charge in [0.1, 0.15) is 0 Å². The van der Waals surface area contributed by atoms with Crippen LogP contribution in [0.4, 0.5) is 0 Å². The Hall–Kier alpha value is -2.40. The van der Waals surface area contributed by atoms with Crippen molar-refractivity contribution in [3.63, 3.8) is 0 Å². The third-order valence-electron chi connectivity index (χ3n) is 4.69. The van der Waals surface area contributed by atoms with Gasteiger partial charge in [0.2, 0.25) is 0 Å². The van der Waals surface area contributed by atoms with Crippen molar-refractivity contribution in [1.29, 1.82) is 0 Å². The fourth-order valence-electron chi connectivity index (χ4n) is 3.34. The molecule has 3 rings (SSSR count). The van der Waals surface area contributed by atoms with Crippen molar-refractivity contribution in [3.8, 4) is 0 Å². The van der Waals surface area contributed by atoms with E-state index in [2.05, 4.69) is 5.32 Å². The van der Waals surface area contributed by atoms with Crippen LogP contribution in [-0.2, 0) is 4.79 Å². The van der Waals surface area contributed by atoms with Crippen molar-refractivity contribution < 1.29 is 9.59 Å². The van der Waals surface area contributed by atoms with E-state index in [0.29, 0.717) is 10.6 Å². The number of nitrogens with zero attached hydrogens (tertiary/aromatic N) is 1. The molecule has 1 aromatic heterocycles. The van der Waals surface area contributed by atoms with E-state index in [9.17, 15) is 14.4 Å². The van der Waals surface area contributed by atoms with Crippen molar-refractivity contribution in [2.45, 2.75) is 44.2 Å². The highest BCUT2D eigenvalue weighted by Crippen LogP contribution is 2.20. The quantitative estimate of drug-likeness (QED) is 0.646. The lowest BCUT2D eigenvalue weighted by atomic mass is 9.94. The first-order chi connectivity index (χ1) is 12.6. The highest BCUT2D eigenvalue weighted by molar-refractivity contribution is 6.30. The Labute approximate surface area is 157 Å². The summed E-state index contributed by atoms with van der Waals surface area (Å²) in [7, 11) is 0. The van der Waals surface area contributed by atoms with Crippen molar-refractivity contribution >= 4 is 23.3 Å². The molecule has 1 aliphatic carbocycles. The van der Waals surface area contributed by atoms with Gasteiger partial charge in [-0.25, -0.2) is 0 Å². The van der Waals surface area contributed by atoms with Gasteiger partial charge >= 0.3 is 0 Å². The molecule has 1 aromatic carbocycles. The van der Waals surface area contributed by atoms with E-state index < -0.39 is 23.3 Å². The standard InChI is InChI=1S/C20H21ClN2O3/c21-15-11-12-17(24)23(13-15)18(19(25)14-7-3-1-4-8-14)20(26)22-16-9-5-2-6-10-16/h1,3-4,7-8,11-13,16,18H,2,5-6,9-10H2,(H,22,26)/t18-/m1/s1. The average Bonchev–Trinajstić information content (AvgIpc) is 2.66. The average molecular weight is 373 g/mol. The Morgan fingerprint density at radius 3 is 2.42 bits per heavy atom. The topological polar surface area (TPSA) is 68.2 Å². The number of Topliss-reactive ketones (excluding diaryl/α,β-unsaturated/α-hetero) is 1. The van der Waals surface area contributed by atoms with Crippen LogP contribution in [0.3, 0.4) is 0 Å². The summed E-state index contributed by atoms with van der Waals surface area (Å²) in [5, 5.41) is 3.24. The number of carbonyl (C=O) groups excluding carboxylic acids is 2. The number of benzene rings is 1. The van der Waals surface area contributed by atoms with Crippen LogP contribution in [0, 0.1) is 0 Å². The number of hydrogen-bond donors (Lipinski definition) is 1. The van der Waals surface area contributed by atoms with Gasteiger partial charge < -0.3 is 5.32 Å². The Morgan fingerprint density at radius 2 is 1.73 bits per heavy atom. The smallest absolute Gasteiger partial charge is 0.251 e. The molecular formula is C20H21ClN2O3. The zero-order valence-electron chi connectivity index (χ0n) is 14.4. The lowest BCUT2D eigenvalue weighted by Crippen LogP contribution is -2.45. The lowest BCUT2D eigenvalue weighted by Gasteiger charge is -2.26. The maximum Gasteiger partial charge on any atom is 0.251 e. The third kappa shape index (κ3) is 4.22. The van der Waals surface area contributed by atoms with Crippen LogP contribution in [0.1, 0.15) is 48.5 Å². The number of halogens is 1. The second-order valence-electron chi connectivity index (χ2n) is 6.57. The molecule has 1 aliphatic rings.